The molecule has 0 saturated heterocycles. The Morgan fingerprint density at radius 3 is 2.58 bits per heavy atom. The van der Waals surface area contributed by atoms with E-state index >= 15 is 0 Å². The maximum absolute atomic E-state index is 13.5. The first-order valence-electron chi connectivity index (χ1n) is 5.65. The van der Waals surface area contributed by atoms with E-state index in [1.54, 1.807) is 12.1 Å². The molecule has 0 aromatic heterocycles. The maximum Gasteiger partial charge on any atom is 0.129 e. The SMILES string of the molecule is NCc1cc(F)ccc1OCc1cc(Br)ccc1F. The van der Waals surface area contributed by atoms with Crippen LogP contribution in [-0.4, -0.2) is 0 Å². The number of hydrogen-bond donors (Lipinski definition) is 1. The standard InChI is InChI=1S/C14H12BrF2NO/c15-11-1-3-13(17)10(5-11)8-19-14-4-2-12(16)6-9(14)7-18/h1-6H,7-8,18H2. The zero-order valence-corrected chi connectivity index (χ0v) is 11.6. The third kappa shape index (κ3) is 3.52. The molecule has 5 heteroatoms. The molecule has 0 aliphatic heterocycles. The van der Waals surface area contributed by atoms with Gasteiger partial charge in [0.1, 0.15) is 24.0 Å². The van der Waals surface area contributed by atoms with Crippen molar-refractivity contribution in [1.82, 2.24) is 0 Å². The van der Waals surface area contributed by atoms with Gasteiger partial charge in [-0.1, -0.05) is 15.9 Å². The van der Waals surface area contributed by atoms with Crippen LogP contribution in [0.25, 0.3) is 0 Å². The van der Waals surface area contributed by atoms with Crippen molar-refractivity contribution in [2.75, 3.05) is 0 Å². The minimum atomic E-state index is -0.374. The molecule has 0 unspecified atom stereocenters. The van der Waals surface area contributed by atoms with E-state index in [1.165, 1.54) is 24.3 Å². The maximum atomic E-state index is 13.5. The Hall–Kier alpha value is -1.46. The molecule has 0 fully saturated rings. The molecule has 0 heterocycles. The van der Waals surface area contributed by atoms with Gasteiger partial charge in [-0.25, -0.2) is 8.78 Å². The van der Waals surface area contributed by atoms with Crippen LogP contribution in [0, 0.1) is 11.6 Å². The van der Waals surface area contributed by atoms with Crippen LogP contribution >= 0.6 is 15.9 Å². The molecular weight excluding hydrogens is 316 g/mol. The fourth-order valence-corrected chi connectivity index (χ4v) is 2.07. The molecule has 2 N–H and O–H groups in total. The first-order chi connectivity index (χ1) is 9.10. The van der Waals surface area contributed by atoms with Crippen LogP contribution in [0.5, 0.6) is 5.75 Å². The quantitative estimate of drug-likeness (QED) is 0.927. The molecule has 2 nitrogen and oxygen atoms in total. The highest BCUT2D eigenvalue weighted by Gasteiger charge is 2.07. The first-order valence-corrected chi connectivity index (χ1v) is 6.44. The van der Waals surface area contributed by atoms with Crippen molar-refractivity contribution in [2.24, 2.45) is 5.73 Å². The van der Waals surface area contributed by atoms with Gasteiger partial charge in [0, 0.05) is 22.1 Å². The molecule has 0 saturated carbocycles. The van der Waals surface area contributed by atoms with Gasteiger partial charge in [0.2, 0.25) is 0 Å². The van der Waals surface area contributed by atoms with Crippen LogP contribution < -0.4 is 10.5 Å². The second-order valence-electron chi connectivity index (χ2n) is 3.98. The van der Waals surface area contributed by atoms with E-state index in [2.05, 4.69) is 15.9 Å². The Morgan fingerprint density at radius 2 is 1.84 bits per heavy atom. The molecule has 0 radical (unpaired) electrons. The zero-order valence-electron chi connectivity index (χ0n) is 10.00. The summed E-state index contributed by atoms with van der Waals surface area (Å²) in [6, 6.07) is 8.70. The second-order valence-corrected chi connectivity index (χ2v) is 4.90. The first kappa shape index (κ1) is 14.0. The van der Waals surface area contributed by atoms with Crippen molar-refractivity contribution in [1.29, 1.82) is 0 Å². The van der Waals surface area contributed by atoms with E-state index < -0.39 is 0 Å². The largest absolute Gasteiger partial charge is 0.488 e. The summed E-state index contributed by atoms with van der Waals surface area (Å²) in [6.07, 6.45) is 0. The number of rotatable bonds is 4. The highest BCUT2D eigenvalue weighted by Crippen LogP contribution is 2.22. The van der Waals surface area contributed by atoms with E-state index in [0.29, 0.717) is 16.9 Å². The Kier molecular flexibility index (Phi) is 4.50. The van der Waals surface area contributed by atoms with E-state index in [4.69, 9.17) is 10.5 Å². The molecule has 2 aromatic rings. The molecule has 0 aliphatic carbocycles. The molecule has 2 aromatic carbocycles. The summed E-state index contributed by atoms with van der Waals surface area (Å²) in [7, 11) is 0. The molecule has 0 spiro atoms. The van der Waals surface area contributed by atoms with Gasteiger partial charge in [0.15, 0.2) is 0 Å². The van der Waals surface area contributed by atoms with Crippen LogP contribution in [0.15, 0.2) is 40.9 Å². The summed E-state index contributed by atoms with van der Waals surface area (Å²) in [4.78, 5) is 0. The molecule has 2 rings (SSSR count). The van der Waals surface area contributed by atoms with E-state index in [9.17, 15) is 8.78 Å². The number of nitrogens with two attached hydrogens (primary N) is 1. The minimum Gasteiger partial charge on any atom is -0.488 e. The minimum absolute atomic E-state index is 0.0594. The third-order valence-corrected chi connectivity index (χ3v) is 3.13. The van der Waals surface area contributed by atoms with E-state index in [-0.39, 0.29) is 24.8 Å². The monoisotopic (exact) mass is 327 g/mol. The van der Waals surface area contributed by atoms with Gasteiger partial charge in [0.25, 0.3) is 0 Å². The lowest BCUT2D eigenvalue weighted by Crippen LogP contribution is -2.04. The van der Waals surface area contributed by atoms with Crippen molar-refractivity contribution in [2.45, 2.75) is 13.2 Å². The summed E-state index contributed by atoms with van der Waals surface area (Å²) < 4.78 is 32.8. The highest BCUT2D eigenvalue weighted by molar-refractivity contribution is 9.10. The van der Waals surface area contributed by atoms with E-state index in [1.807, 2.05) is 0 Å². The van der Waals surface area contributed by atoms with Crippen molar-refractivity contribution in [3.8, 4) is 5.75 Å². The summed E-state index contributed by atoms with van der Waals surface area (Å²) >= 11 is 3.27. The summed E-state index contributed by atoms with van der Waals surface area (Å²) in [5.41, 5.74) is 6.48. The zero-order chi connectivity index (χ0) is 13.8. The molecule has 19 heavy (non-hydrogen) atoms. The smallest absolute Gasteiger partial charge is 0.129 e. The normalized spacial score (nSPS) is 10.5. The van der Waals surface area contributed by atoms with Crippen molar-refractivity contribution < 1.29 is 13.5 Å². The fraction of sp³-hybridized carbons (Fsp3) is 0.143. The van der Waals surface area contributed by atoms with Gasteiger partial charge in [-0.2, -0.15) is 0 Å². The van der Waals surface area contributed by atoms with Crippen molar-refractivity contribution >= 4 is 15.9 Å². The molecule has 100 valence electrons. The van der Waals surface area contributed by atoms with Crippen molar-refractivity contribution in [3.63, 3.8) is 0 Å². The number of hydrogen-bond acceptors (Lipinski definition) is 2. The lowest BCUT2D eigenvalue weighted by Gasteiger charge is -2.11. The number of ether oxygens (including phenoxy) is 1. The third-order valence-electron chi connectivity index (χ3n) is 2.63. The van der Waals surface area contributed by atoms with Crippen LogP contribution in [0.4, 0.5) is 8.78 Å². The Labute approximate surface area is 118 Å². The summed E-state index contributed by atoms with van der Waals surface area (Å²) in [5, 5.41) is 0. The van der Waals surface area contributed by atoms with Crippen LogP contribution in [-0.2, 0) is 13.2 Å². The number of halogens is 3. The van der Waals surface area contributed by atoms with E-state index in [0.717, 1.165) is 4.47 Å². The van der Waals surface area contributed by atoms with Gasteiger partial charge >= 0.3 is 0 Å². The van der Waals surface area contributed by atoms with Gasteiger partial charge in [-0.3, -0.25) is 0 Å². The van der Waals surface area contributed by atoms with Gasteiger partial charge < -0.3 is 10.5 Å². The van der Waals surface area contributed by atoms with Crippen molar-refractivity contribution in [3.05, 3.63) is 63.6 Å². The summed E-state index contributed by atoms with van der Waals surface area (Å²) in [6.45, 7) is 0.220. The van der Waals surface area contributed by atoms with Crippen LogP contribution in [0.1, 0.15) is 11.1 Å². The van der Waals surface area contributed by atoms with Gasteiger partial charge in [0.05, 0.1) is 0 Å². The lowest BCUT2D eigenvalue weighted by molar-refractivity contribution is 0.296. The molecule has 0 amide bonds. The van der Waals surface area contributed by atoms with Crippen LogP contribution in [0.3, 0.4) is 0 Å². The Bertz CT molecular complexity index is 590. The number of benzene rings is 2. The Balaban J connectivity index is 2.16. The average molecular weight is 328 g/mol. The molecule has 0 bridgehead atoms. The average Bonchev–Trinajstić information content (AvgIpc) is 2.40. The lowest BCUT2D eigenvalue weighted by atomic mass is 10.2. The van der Waals surface area contributed by atoms with Gasteiger partial charge in [-0.05, 0) is 36.4 Å². The molecule has 0 atom stereocenters. The fourth-order valence-electron chi connectivity index (χ4n) is 1.66. The predicted octanol–water partition coefficient (Wildman–Crippen LogP) is 3.77. The topological polar surface area (TPSA) is 35.2 Å². The van der Waals surface area contributed by atoms with Gasteiger partial charge in [-0.15, -0.1) is 0 Å². The second kappa shape index (κ2) is 6.12. The Morgan fingerprint density at radius 1 is 1.05 bits per heavy atom. The summed E-state index contributed by atoms with van der Waals surface area (Å²) in [5.74, 6) is -0.260. The van der Waals surface area contributed by atoms with Crippen LogP contribution in [0.2, 0.25) is 0 Å². The highest BCUT2D eigenvalue weighted by atomic mass is 79.9. The molecule has 0 aliphatic rings. The molecular formula is C14H12BrF2NO. The predicted molar refractivity (Wildman–Crippen MR) is 72.7 cm³/mol.